The molecule has 0 saturated carbocycles. The Balaban J connectivity index is 1.43. The molecule has 2 amide bonds. The molecule has 1 aromatic carbocycles. The zero-order chi connectivity index (χ0) is 17.6. The van der Waals surface area contributed by atoms with Gasteiger partial charge in [-0.05, 0) is 49.8 Å². The van der Waals surface area contributed by atoms with Crippen LogP contribution < -0.4 is 0 Å². The van der Waals surface area contributed by atoms with E-state index < -0.39 is 0 Å². The number of nitrogens with zero attached hydrogens (tertiary/aromatic N) is 3. The second-order valence-electron chi connectivity index (χ2n) is 7.00. The van der Waals surface area contributed by atoms with Crippen LogP contribution in [-0.4, -0.2) is 47.8 Å². The molecule has 2 fully saturated rings. The van der Waals surface area contributed by atoms with Crippen molar-refractivity contribution in [2.45, 2.75) is 38.5 Å². The Hall–Kier alpha value is -2.35. The lowest BCUT2D eigenvalue weighted by atomic mass is 9.95. The summed E-state index contributed by atoms with van der Waals surface area (Å²) in [6.07, 6.45) is 5.00. The van der Waals surface area contributed by atoms with Gasteiger partial charge in [0.15, 0.2) is 0 Å². The second-order valence-corrected chi connectivity index (χ2v) is 7.00. The third-order valence-electron chi connectivity index (χ3n) is 5.33. The molecule has 0 aliphatic carbocycles. The Labute approximate surface area is 149 Å². The summed E-state index contributed by atoms with van der Waals surface area (Å²) in [5, 5.41) is 8.81. The third-order valence-corrected chi connectivity index (χ3v) is 5.33. The highest BCUT2D eigenvalue weighted by Crippen LogP contribution is 2.22. The molecule has 0 unspecified atom stereocenters. The molecule has 0 N–H and O–H groups in total. The van der Waals surface area contributed by atoms with Crippen molar-refractivity contribution in [3.05, 3.63) is 35.4 Å². The average molecular weight is 339 g/mol. The lowest BCUT2D eigenvalue weighted by Crippen LogP contribution is -2.43. The fourth-order valence-electron chi connectivity index (χ4n) is 3.73. The van der Waals surface area contributed by atoms with E-state index in [1.54, 1.807) is 12.1 Å². The van der Waals surface area contributed by atoms with E-state index in [1.807, 2.05) is 21.9 Å². The first-order chi connectivity index (χ1) is 12.2. The highest BCUT2D eigenvalue weighted by molar-refractivity contribution is 5.80. The quantitative estimate of drug-likeness (QED) is 0.846. The number of rotatable bonds is 4. The number of piperidine rings is 1. The molecule has 2 saturated heterocycles. The summed E-state index contributed by atoms with van der Waals surface area (Å²) in [5.74, 6) is 0.555. The molecule has 0 spiro atoms. The maximum Gasteiger partial charge on any atom is 0.225 e. The van der Waals surface area contributed by atoms with Gasteiger partial charge in [-0.2, -0.15) is 5.26 Å². The summed E-state index contributed by atoms with van der Waals surface area (Å²) >= 11 is 0. The first-order valence-corrected chi connectivity index (χ1v) is 9.23. The van der Waals surface area contributed by atoms with Crippen LogP contribution in [0.15, 0.2) is 24.3 Å². The van der Waals surface area contributed by atoms with Crippen molar-refractivity contribution >= 4 is 11.8 Å². The highest BCUT2D eigenvalue weighted by atomic mass is 16.2. The van der Waals surface area contributed by atoms with E-state index in [1.165, 1.54) is 0 Å². The van der Waals surface area contributed by atoms with Crippen LogP contribution >= 0.6 is 0 Å². The minimum absolute atomic E-state index is 0.0978. The van der Waals surface area contributed by atoms with Gasteiger partial charge < -0.3 is 9.80 Å². The predicted octanol–water partition coefficient (Wildman–Crippen LogP) is 2.35. The van der Waals surface area contributed by atoms with E-state index in [4.69, 9.17) is 5.26 Å². The molecule has 0 bridgehead atoms. The summed E-state index contributed by atoms with van der Waals surface area (Å²) in [4.78, 5) is 28.7. The van der Waals surface area contributed by atoms with Crippen molar-refractivity contribution in [2.24, 2.45) is 5.92 Å². The van der Waals surface area contributed by atoms with Gasteiger partial charge in [0.1, 0.15) is 0 Å². The van der Waals surface area contributed by atoms with Crippen LogP contribution in [0.1, 0.15) is 43.2 Å². The van der Waals surface area contributed by atoms with Crippen LogP contribution in [0.5, 0.6) is 0 Å². The molecule has 0 aromatic heterocycles. The number of likely N-dealkylation sites (tertiary alicyclic amines) is 2. The Morgan fingerprint density at radius 2 is 1.64 bits per heavy atom. The number of aryl methyl sites for hydroxylation is 1. The largest absolute Gasteiger partial charge is 0.343 e. The van der Waals surface area contributed by atoms with Gasteiger partial charge in [-0.1, -0.05) is 12.1 Å². The zero-order valence-corrected chi connectivity index (χ0v) is 14.6. The number of benzene rings is 1. The summed E-state index contributed by atoms with van der Waals surface area (Å²) in [5.41, 5.74) is 1.71. The molecule has 0 radical (unpaired) electrons. The molecular weight excluding hydrogens is 314 g/mol. The highest BCUT2D eigenvalue weighted by Gasteiger charge is 2.30. The van der Waals surface area contributed by atoms with Gasteiger partial charge >= 0.3 is 0 Å². The first kappa shape index (κ1) is 17.5. The molecule has 2 heterocycles. The van der Waals surface area contributed by atoms with Crippen molar-refractivity contribution < 1.29 is 9.59 Å². The number of amides is 2. The SMILES string of the molecule is N#Cc1ccc(CCC(=O)N2CCC(C(=O)N3CCCC3)CC2)cc1. The maximum absolute atomic E-state index is 12.4. The molecule has 1 aromatic rings. The van der Waals surface area contributed by atoms with Crippen molar-refractivity contribution in [2.75, 3.05) is 26.2 Å². The summed E-state index contributed by atoms with van der Waals surface area (Å²) in [6, 6.07) is 9.49. The first-order valence-electron chi connectivity index (χ1n) is 9.23. The van der Waals surface area contributed by atoms with E-state index in [0.29, 0.717) is 37.4 Å². The average Bonchev–Trinajstić information content (AvgIpc) is 3.21. The number of hydrogen-bond acceptors (Lipinski definition) is 3. The third kappa shape index (κ3) is 4.39. The van der Waals surface area contributed by atoms with E-state index in [9.17, 15) is 9.59 Å². The van der Waals surface area contributed by atoms with Crippen LogP contribution in [0.25, 0.3) is 0 Å². The van der Waals surface area contributed by atoms with E-state index in [0.717, 1.165) is 44.3 Å². The van der Waals surface area contributed by atoms with Crippen LogP contribution in [0.4, 0.5) is 0 Å². The molecule has 0 atom stereocenters. The van der Waals surface area contributed by atoms with Crippen molar-refractivity contribution in [1.82, 2.24) is 9.80 Å². The van der Waals surface area contributed by atoms with E-state index >= 15 is 0 Å². The smallest absolute Gasteiger partial charge is 0.225 e. The normalized spacial score (nSPS) is 18.2. The van der Waals surface area contributed by atoms with Crippen molar-refractivity contribution in [3.63, 3.8) is 0 Å². The maximum atomic E-state index is 12.4. The van der Waals surface area contributed by atoms with Gasteiger partial charge in [-0.3, -0.25) is 9.59 Å². The number of carbonyl (C=O) groups excluding carboxylic acids is 2. The lowest BCUT2D eigenvalue weighted by molar-refractivity contribution is -0.140. The van der Waals surface area contributed by atoms with E-state index in [2.05, 4.69) is 6.07 Å². The fraction of sp³-hybridized carbons (Fsp3) is 0.550. The van der Waals surface area contributed by atoms with Crippen LogP contribution in [-0.2, 0) is 16.0 Å². The second kappa shape index (κ2) is 8.15. The van der Waals surface area contributed by atoms with E-state index in [-0.39, 0.29) is 11.8 Å². The number of hydrogen-bond donors (Lipinski definition) is 0. The van der Waals surface area contributed by atoms with Gasteiger partial charge in [0.05, 0.1) is 11.6 Å². The molecule has 2 aliphatic heterocycles. The predicted molar refractivity (Wildman–Crippen MR) is 94.6 cm³/mol. The molecule has 132 valence electrons. The van der Waals surface area contributed by atoms with Crippen LogP contribution in [0.3, 0.4) is 0 Å². The summed E-state index contributed by atoms with van der Waals surface area (Å²) < 4.78 is 0. The minimum Gasteiger partial charge on any atom is -0.343 e. The summed E-state index contributed by atoms with van der Waals surface area (Å²) in [6.45, 7) is 3.19. The Kier molecular flexibility index (Phi) is 5.70. The lowest BCUT2D eigenvalue weighted by Gasteiger charge is -2.33. The van der Waals surface area contributed by atoms with Crippen LogP contribution in [0, 0.1) is 17.2 Å². The standard InChI is InChI=1S/C20H25N3O2/c21-15-17-5-3-16(4-6-17)7-8-19(24)22-13-9-18(10-14-22)20(25)23-11-1-2-12-23/h3-6,18H,1-2,7-14H2. The van der Waals surface area contributed by atoms with Gasteiger partial charge in [0.2, 0.25) is 11.8 Å². The fourth-order valence-corrected chi connectivity index (χ4v) is 3.73. The van der Waals surface area contributed by atoms with Gasteiger partial charge in [-0.15, -0.1) is 0 Å². The molecule has 5 heteroatoms. The summed E-state index contributed by atoms with van der Waals surface area (Å²) in [7, 11) is 0. The van der Waals surface area contributed by atoms with Crippen molar-refractivity contribution in [1.29, 1.82) is 5.26 Å². The molecule has 25 heavy (non-hydrogen) atoms. The van der Waals surface area contributed by atoms with Crippen molar-refractivity contribution in [3.8, 4) is 6.07 Å². The Morgan fingerprint density at radius 3 is 2.24 bits per heavy atom. The van der Waals surface area contributed by atoms with Crippen LogP contribution in [0.2, 0.25) is 0 Å². The molecular formula is C20H25N3O2. The topological polar surface area (TPSA) is 64.4 Å². The van der Waals surface area contributed by atoms with Gasteiger partial charge in [0.25, 0.3) is 0 Å². The minimum atomic E-state index is 0.0978. The Morgan fingerprint density at radius 1 is 1.00 bits per heavy atom. The number of carbonyl (C=O) groups is 2. The monoisotopic (exact) mass is 339 g/mol. The van der Waals surface area contributed by atoms with Gasteiger partial charge in [0, 0.05) is 38.5 Å². The molecule has 2 aliphatic rings. The zero-order valence-electron chi connectivity index (χ0n) is 14.6. The number of nitriles is 1. The molecule has 5 nitrogen and oxygen atoms in total. The van der Waals surface area contributed by atoms with Gasteiger partial charge in [-0.25, -0.2) is 0 Å². The Bertz CT molecular complexity index is 649. The molecule has 3 rings (SSSR count).